The van der Waals surface area contributed by atoms with Crippen LogP contribution < -0.4 is 5.73 Å². The van der Waals surface area contributed by atoms with Crippen LogP contribution in [0.4, 0.5) is 0 Å². The Kier molecular flexibility index (Phi) is 2.70. The molecule has 3 heteroatoms. The Morgan fingerprint density at radius 3 is 2.43 bits per heavy atom. The van der Waals surface area contributed by atoms with Crippen molar-refractivity contribution in [1.82, 2.24) is 4.98 Å². The summed E-state index contributed by atoms with van der Waals surface area (Å²) >= 11 is 3.41. The van der Waals surface area contributed by atoms with E-state index < -0.39 is 0 Å². The molecule has 0 spiro atoms. The summed E-state index contributed by atoms with van der Waals surface area (Å²) in [6.07, 6.45) is 1.98. The fraction of sp³-hybridized carbons (Fsp3) is 0.0909. The smallest absolute Gasteiger partial charge is 0.0332 e. The van der Waals surface area contributed by atoms with Crippen LogP contribution in [-0.4, -0.2) is 4.98 Å². The molecule has 0 radical (unpaired) electrons. The van der Waals surface area contributed by atoms with Crippen LogP contribution in [0.15, 0.2) is 41.0 Å². The zero-order valence-corrected chi connectivity index (χ0v) is 9.21. The SMILES string of the molecule is NCc1cc(-c2ccc(Br)cc2)c[nH]1. The molecule has 1 heterocycles. The topological polar surface area (TPSA) is 41.8 Å². The van der Waals surface area contributed by atoms with Gasteiger partial charge in [-0.15, -0.1) is 0 Å². The molecule has 0 unspecified atom stereocenters. The molecule has 0 fully saturated rings. The lowest BCUT2D eigenvalue weighted by molar-refractivity contribution is 1.01. The molecule has 72 valence electrons. The largest absolute Gasteiger partial charge is 0.363 e. The first-order chi connectivity index (χ1) is 6.79. The highest BCUT2D eigenvalue weighted by Gasteiger charge is 2.00. The molecule has 0 atom stereocenters. The van der Waals surface area contributed by atoms with E-state index in [9.17, 15) is 0 Å². The number of aromatic amines is 1. The lowest BCUT2D eigenvalue weighted by Crippen LogP contribution is -1.94. The summed E-state index contributed by atoms with van der Waals surface area (Å²) in [5.74, 6) is 0. The van der Waals surface area contributed by atoms with Crippen molar-refractivity contribution in [1.29, 1.82) is 0 Å². The third-order valence-corrected chi connectivity index (χ3v) is 2.67. The summed E-state index contributed by atoms with van der Waals surface area (Å²) in [7, 11) is 0. The first-order valence-electron chi connectivity index (χ1n) is 4.43. The third kappa shape index (κ3) is 1.89. The lowest BCUT2D eigenvalue weighted by atomic mass is 10.1. The van der Waals surface area contributed by atoms with Crippen molar-refractivity contribution >= 4 is 15.9 Å². The number of aromatic nitrogens is 1. The van der Waals surface area contributed by atoms with Gasteiger partial charge in [0.15, 0.2) is 0 Å². The number of halogens is 1. The molecule has 0 amide bonds. The van der Waals surface area contributed by atoms with Crippen molar-refractivity contribution < 1.29 is 0 Å². The highest BCUT2D eigenvalue weighted by molar-refractivity contribution is 9.10. The van der Waals surface area contributed by atoms with Gasteiger partial charge in [0.2, 0.25) is 0 Å². The Bertz CT molecular complexity index is 417. The molecule has 0 aliphatic heterocycles. The molecule has 0 bridgehead atoms. The van der Waals surface area contributed by atoms with Gasteiger partial charge in [0.1, 0.15) is 0 Å². The zero-order chi connectivity index (χ0) is 9.97. The molecular formula is C11H11BrN2. The van der Waals surface area contributed by atoms with Crippen molar-refractivity contribution in [3.05, 3.63) is 46.7 Å². The summed E-state index contributed by atoms with van der Waals surface area (Å²) in [4.78, 5) is 3.13. The number of benzene rings is 1. The van der Waals surface area contributed by atoms with E-state index >= 15 is 0 Å². The Hall–Kier alpha value is -1.06. The molecule has 0 aliphatic carbocycles. The van der Waals surface area contributed by atoms with E-state index in [-0.39, 0.29) is 0 Å². The average Bonchev–Trinajstić information content (AvgIpc) is 2.67. The van der Waals surface area contributed by atoms with Gasteiger partial charge in [0, 0.05) is 22.9 Å². The maximum Gasteiger partial charge on any atom is 0.0332 e. The van der Waals surface area contributed by atoms with E-state index in [4.69, 9.17) is 5.73 Å². The lowest BCUT2D eigenvalue weighted by Gasteiger charge is -1.96. The van der Waals surface area contributed by atoms with Crippen LogP contribution in [0.5, 0.6) is 0 Å². The van der Waals surface area contributed by atoms with Crippen molar-refractivity contribution in [2.75, 3.05) is 0 Å². The van der Waals surface area contributed by atoms with Crippen molar-refractivity contribution in [2.24, 2.45) is 5.73 Å². The zero-order valence-electron chi connectivity index (χ0n) is 7.63. The van der Waals surface area contributed by atoms with Gasteiger partial charge in [-0.2, -0.15) is 0 Å². The molecule has 2 aromatic rings. The molecular weight excluding hydrogens is 240 g/mol. The van der Waals surface area contributed by atoms with Gasteiger partial charge < -0.3 is 10.7 Å². The maximum absolute atomic E-state index is 5.53. The van der Waals surface area contributed by atoms with Crippen LogP contribution in [0.3, 0.4) is 0 Å². The second kappa shape index (κ2) is 3.98. The van der Waals surface area contributed by atoms with E-state index in [0.717, 1.165) is 10.2 Å². The number of nitrogens with one attached hydrogen (secondary N) is 1. The van der Waals surface area contributed by atoms with Gasteiger partial charge in [0.05, 0.1) is 0 Å². The number of hydrogen-bond donors (Lipinski definition) is 2. The molecule has 2 nitrogen and oxygen atoms in total. The van der Waals surface area contributed by atoms with E-state index in [1.807, 2.05) is 18.3 Å². The van der Waals surface area contributed by atoms with Crippen LogP contribution in [0, 0.1) is 0 Å². The monoisotopic (exact) mass is 250 g/mol. The van der Waals surface area contributed by atoms with Crippen molar-refractivity contribution in [3.63, 3.8) is 0 Å². The van der Waals surface area contributed by atoms with Gasteiger partial charge >= 0.3 is 0 Å². The molecule has 0 aliphatic rings. The number of nitrogens with two attached hydrogens (primary N) is 1. The summed E-state index contributed by atoms with van der Waals surface area (Å²) in [6.45, 7) is 0.552. The summed E-state index contributed by atoms with van der Waals surface area (Å²) in [6, 6.07) is 10.3. The normalized spacial score (nSPS) is 10.4. The summed E-state index contributed by atoms with van der Waals surface area (Å²) < 4.78 is 1.09. The van der Waals surface area contributed by atoms with Crippen LogP contribution in [-0.2, 0) is 6.54 Å². The molecule has 2 rings (SSSR count). The first-order valence-corrected chi connectivity index (χ1v) is 5.22. The maximum atomic E-state index is 5.53. The second-order valence-corrected chi connectivity index (χ2v) is 4.04. The predicted octanol–water partition coefficient (Wildman–Crippen LogP) is 2.90. The third-order valence-electron chi connectivity index (χ3n) is 2.14. The van der Waals surface area contributed by atoms with Crippen LogP contribution >= 0.6 is 15.9 Å². The van der Waals surface area contributed by atoms with E-state index in [2.05, 4.69) is 39.1 Å². The standard InChI is InChI=1S/C11H11BrN2/c12-10-3-1-8(2-4-10)9-5-11(6-13)14-7-9/h1-5,7,14H,6,13H2. The molecule has 0 saturated carbocycles. The molecule has 1 aromatic heterocycles. The molecule has 0 saturated heterocycles. The van der Waals surface area contributed by atoms with Gasteiger partial charge in [-0.3, -0.25) is 0 Å². The Balaban J connectivity index is 2.34. The first kappa shape index (κ1) is 9.49. The number of H-pyrrole nitrogens is 1. The summed E-state index contributed by atoms with van der Waals surface area (Å²) in [5.41, 5.74) is 8.96. The fourth-order valence-corrected chi connectivity index (χ4v) is 1.63. The minimum Gasteiger partial charge on any atom is -0.363 e. The Morgan fingerprint density at radius 1 is 1.14 bits per heavy atom. The Labute approximate surface area is 91.3 Å². The van der Waals surface area contributed by atoms with E-state index in [1.165, 1.54) is 11.1 Å². The second-order valence-electron chi connectivity index (χ2n) is 3.12. The van der Waals surface area contributed by atoms with Crippen LogP contribution in [0.2, 0.25) is 0 Å². The van der Waals surface area contributed by atoms with Gasteiger partial charge in [-0.1, -0.05) is 28.1 Å². The highest BCUT2D eigenvalue weighted by Crippen LogP contribution is 2.22. The Morgan fingerprint density at radius 2 is 1.86 bits per heavy atom. The molecule has 14 heavy (non-hydrogen) atoms. The number of rotatable bonds is 2. The predicted molar refractivity (Wildman–Crippen MR) is 61.8 cm³/mol. The fourth-order valence-electron chi connectivity index (χ4n) is 1.37. The van der Waals surface area contributed by atoms with Gasteiger partial charge in [-0.25, -0.2) is 0 Å². The van der Waals surface area contributed by atoms with Crippen LogP contribution in [0.25, 0.3) is 11.1 Å². The minimum atomic E-state index is 0.552. The molecule has 3 N–H and O–H groups in total. The van der Waals surface area contributed by atoms with E-state index in [0.29, 0.717) is 6.54 Å². The number of hydrogen-bond acceptors (Lipinski definition) is 1. The van der Waals surface area contributed by atoms with Gasteiger partial charge in [-0.05, 0) is 29.3 Å². The average molecular weight is 251 g/mol. The quantitative estimate of drug-likeness (QED) is 0.846. The summed E-state index contributed by atoms with van der Waals surface area (Å²) in [5, 5.41) is 0. The molecule has 1 aromatic carbocycles. The van der Waals surface area contributed by atoms with Gasteiger partial charge in [0.25, 0.3) is 0 Å². The van der Waals surface area contributed by atoms with Crippen molar-refractivity contribution in [2.45, 2.75) is 6.54 Å². The minimum absolute atomic E-state index is 0.552. The van der Waals surface area contributed by atoms with Crippen LogP contribution in [0.1, 0.15) is 5.69 Å². The van der Waals surface area contributed by atoms with Crippen molar-refractivity contribution in [3.8, 4) is 11.1 Å². The van der Waals surface area contributed by atoms with E-state index in [1.54, 1.807) is 0 Å². The highest BCUT2D eigenvalue weighted by atomic mass is 79.9.